The second-order valence-electron chi connectivity index (χ2n) is 4.99. The average Bonchev–Trinajstić information content (AvgIpc) is 2.97. The first kappa shape index (κ1) is 17.5. The minimum Gasteiger partial charge on any atom is -0.392 e. The number of nitrogens with one attached hydrogen (secondary N) is 1. The molecule has 0 aromatic rings. The number of hydrogen-bond acceptors (Lipinski definition) is 8. The number of carbonyl (C=O) groups excluding carboxylic acids is 3. The molecule has 2 aliphatic rings. The number of hydrogen-bond donors (Lipinski definition) is 4. The highest BCUT2D eigenvalue weighted by molar-refractivity contribution is 5.87. The van der Waals surface area contributed by atoms with Crippen molar-refractivity contribution < 1.29 is 29.4 Å². The van der Waals surface area contributed by atoms with Crippen LogP contribution < -0.4 is 11.1 Å². The number of amides is 1. The van der Waals surface area contributed by atoms with Gasteiger partial charge < -0.3 is 26.1 Å². The average molecular weight is 303 g/mol. The van der Waals surface area contributed by atoms with E-state index >= 15 is 0 Å². The van der Waals surface area contributed by atoms with Crippen LogP contribution in [0.25, 0.3) is 0 Å². The Balaban J connectivity index is 0.000000219. The molecule has 0 saturated carbocycles. The van der Waals surface area contributed by atoms with Crippen LogP contribution in [0.5, 0.6) is 0 Å². The van der Waals surface area contributed by atoms with Gasteiger partial charge in [-0.05, 0) is 19.3 Å². The third kappa shape index (κ3) is 5.76. The fourth-order valence-electron chi connectivity index (χ4n) is 2.13. The smallest absolute Gasteiger partial charge is 0.333 e. The zero-order valence-electron chi connectivity index (χ0n) is 11.8. The van der Waals surface area contributed by atoms with Gasteiger partial charge >= 0.3 is 11.9 Å². The SMILES string of the molecule is CC(=O)OC(=O)[C@@H]1CCCN1O.NC(=O)[C@@H]1C[C@@H](O)CN1. The zero-order valence-corrected chi connectivity index (χ0v) is 11.8. The van der Waals surface area contributed by atoms with Gasteiger partial charge in [0.2, 0.25) is 5.91 Å². The molecule has 2 aliphatic heterocycles. The van der Waals surface area contributed by atoms with E-state index in [0.717, 1.165) is 18.4 Å². The number of aliphatic hydroxyl groups is 1. The van der Waals surface area contributed by atoms with Crippen molar-refractivity contribution in [2.45, 2.75) is 44.4 Å². The van der Waals surface area contributed by atoms with Crippen molar-refractivity contribution in [3.05, 3.63) is 0 Å². The molecule has 0 spiro atoms. The van der Waals surface area contributed by atoms with Gasteiger partial charge in [-0.3, -0.25) is 9.59 Å². The summed E-state index contributed by atoms with van der Waals surface area (Å²) >= 11 is 0. The molecule has 9 heteroatoms. The van der Waals surface area contributed by atoms with Gasteiger partial charge in [-0.25, -0.2) is 4.79 Å². The molecule has 2 fully saturated rings. The molecule has 2 saturated heterocycles. The van der Waals surface area contributed by atoms with Gasteiger partial charge in [-0.1, -0.05) is 0 Å². The summed E-state index contributed by atoms with van der Waals surface area (Å²) in [5.41, 5.74) is 4.95. The molecular weight excluding hydrogens is 282 g/mol. The second kappa shape index (κ2) is 8.03. The molecule has 2 rings (SSSR count). The summed E-state index contributed by atoms with van der Waals surface area (Å²) in [7, 11) is 0. The summed E-state index contributed by atoms with van der Waals surface area (Å²) in [6.45, 7) is 2.10. The number of ether oxygens (including phenoxy) is 1. The van der Waals surface area contributed by atoms with Crippen molar-refractivity contribution in [3.8, 4) is 0 Å². The predicted octanol–water partition coefficient (Wildman–Crippen LogP) is -1.88. The van der Waals surface area contributed by atoms with Crippen molar-refractivity contribution in [2.24, 2.45) is 5.73 Å². The normalized spacial score (nSPS) is 28.6. The van der Waals surface area contributed by atoms with Gasteiger partial charge in [0.15, 0.2) is 0 Å². The number of aliphatic hydroxyl groups excluding tert-OH is 1. The van der Waals surface area contributed by atoms with Crippen molar-refractivity contribution in [1.29, 1.82) is 0 Å². The fraction of sp³-hybridized carbons (Fsp3) is 0.750. The van der Waals surface area contributed by atoms with Gasteiger partial charge in [-0.15, -0.1) is 0 Å². The third-order valence-electron chi connectivity index (χ3n) is 3.19. The number of rotatable bonds is 2. The highest BCUT2D eigenvalue weighted by atomic mass is 16.6. The largest absolute Gasteiger partial charge is 0.392 e. The van der Waals surface area contributed by atoms with Crippen LogP contribution in [0.1, 0.15) is 26.2 Å². The van der Waals surface area contributed by atoms with E-state index in [1.165, 1.54) is 0 Å². The minimum absolute atomic E-state index is 0.319. The lowest BCUT2D eigenvalue weighted by Gasteiger charge is -2.14. The monoisotopic (exact) mass is 303 g/mol. The summed E-state index contributed by atoms with van der Waals surface area (Å²) in [6, 6.07) is -0.978. The number of carbonyl (C=O) groups is 3. The molecule has 0 aromatic carbocycles. The van der Waals surface area contributed by atoms with Crippen molar-refractivity contribution in [3.63, 3.8) is 0 Å². The Morgan fingerprint density at radius 3 is 2.38 bits per heavy atom. The minimum atomic E-state index is -0.664. The topological polar surface area (TPSA) is 142 Å². The molecule has 0 aliphatic carbocycles. The molecule has 3 atom stereocenters. The number of hydroxylamine groups is 2. The first-order chi connectivity index (χ1) is 9.81. The summed E-state index contributed by atoms with van der Waals surface area (Å²) < 4.78 is 4.33. The maximum Gasteiger partial charge on any atom is 0.333 e. The number of nitrogens with two attached hydrogens (primary N) is 1. The summed E-state index contributed by atoms with van der Waals surface area (Å²) in [6.07, 6.45) is 1.34. The molecule has 21 heavy (non-hydrogen) atoms. The van der Waals surface area contributed by atoms with Crippen LogP contribution in [0.4, 0.5) is 0 Å². The van der Waals surface area contributed by atoms with E-state index in [1.807, 2.05) is 0 Å². The second-order valence-corrected chi connectivity index (χ2v) is 4.99. The molecule has 0 bridgehead atoms. The third-order valence-corrected chi connectivity index (χ3v) is 3.19. The van der Waals surface area contributed by atoms with Crippen LogP contribution in [0.3, 0.4) is 0 Å². The van der Waals surface area contributed by atoms with E-state index in [-0.39, 0.29) is 11.9 Å². The predicted molar refractivity (Wildman–Crippen MR) is 69.9 cm³/mol. The van der Waals surface area contributed by atoms with E-state index in [2.05, 4.69) is 10.1 Å². The Labute approximate surface area is 122 Å². The number of nitrogens with zero attached hydrogens (tertiary/aromatic N) is 1. The maximum atomic E-state index is 11.0. The van der Waals surface area contributed by atoms with E-state index in [1.54, 1.807) is 0 Å². The number of primary amides is 1. The van der Waals surface area contributed by atoms with Gasteiger partial charge in [0, 0.05) is 20.0 Å². The molecule has 1 amide bonds. The molecular formula is C12H21N3O6. The molecule has 120 valence electrons. The van der Waals surface area contributed by atoms with Gasteiger partial charge in [-0.2, -0.15) is 5.06 Å². The Morgan fingerprint density at radius 1 is 1.38 bits per heavy atom. The van der Waals surface area contributed by atoms with Gasteiger partial charge in [0.1, 0.15) is 6.04 Å². The van der Waals surface area contributed by atoms with E-state index < -0.39 is 24.1 Å². The number of esters is 2. The van der Waals surface area contributed by atoms with E-state index in [0.29, 0.717) is 25.9 Å². The van der Waals surface area contributed by atoms with Crippen LogP contribution in [0, 0.1) is 0 Å². The van der Waals surface area contributed by atoms with Crippen LogP contribution in [0.2, 0.25) is 0 Å². The summed E-state index contributed by atoms with van der Waals surface area (Å²) in [5.74, 6) is -1.69. The van der Waals surface area contributed by atoms with Crippen molar-refractivity contribution >= 4 is 17.8 Å². The quantitative estimate of drug-likeness (QED) is 0.343. The summed E-state index contributed by atoms with van der Waals surface area (Å²) in [5, 5.41) is 21.7. The van der Waals surface area contributed by atoms with Crippen LogP contribution >= 0.6 is 0 Å². The maximum absolute atomic E-state index is 11.0. The molecule has 0 unspecified atom stereocenters. The lowest BCUT2D eigenvalue weighted by atomic mass is 10.2. The molecule has 0 aromatic heterocycles. The Bertz CT molecular complexity index is 402. The van der Waals surface area contributed by atoms with E-state index in [4.69, 9.17) is 16.0 Å². The van der Waals surface area contributed by atoms with E-state index in [9.17, 15) is 14.4 Å². The molecule has 2 heterocycles. The van der Waals surface area contributed by atoms with Crippen LogP contribution in [-0.4, -0.2) is 64.5 Å². The van der Waals surface area contributed by atoms with Gasteiger partial charge in [0.25, 0.3) is 0 Å². The highest BCUT2D eigenvalue weighted by Gasteiger charge is 2.31. The highest BCUT2D eigenvalue weighted by Crippen LogP contribution is 2.15. The first-order valence-corrected chi connectivity index (χ1v) is 6.69. The first-order valence-electron chi connectivity index (χ1n) is 6.69. The number of β-amino-alcohol motifs (C(OH)–C–C–N with tert-alkyl or cyclic N) is 1. The zero-order chi connectivity index (χ0) is 16.0. The van der Waals surface area contributed by atoms with Crippen LogP contribution in [0.15, 0.2) is 0 Å². The lowest BCUT2D eigenvalue weighted by molar-refractivity contribution is -0.173. The Hall–Kier alpha value is -1.55. The molecule has 9 nitrogen and oxygen atoms in total. The standard InChI is InChI=1S/C7H11NO4.C5H10N2O2/c1-5(9)12-7(10)6-3-2-4-8(6)11;6-5(9)4-1-3(8)2-7-4/h6,11H,2-4H2,1H3;3-4,7-8H,1-2H2,(H2,6,9)/t6-;3-,4+/m01/s1. The molecule has 5 N–H and O–H groups in total. The van der Waals surface area contributed by atoms with Crippen LogP contribution in [-0.2, 0) is 19.1 Å². The van der Waals surface area contributed by atoms with Gasteiger partial charge in [0.05, 0.1) is 12.1 Å². The Morgan fingerprint density at radius 2 is 2.05 bits per heavy atom. The van der Waals surface area contributed by atoms with Crippen molar-refractivity contribution in [1.82, 2.24) is 10.4 Å². The Kier molecular flexibility index (Phi) is 6.69. The fourth-order valence-corrected chi connectivity index (χ4v) is 2.13. The lowest BCUT2D eigenvalue weighted by Crippen LogP contribution is -2.36. The van der Waals surface area contributed by atoms with Crippen molar-refractivity contribution in [2.75, 3.05) is 13.1 Å². The molecule has 0 radical (unpaired) electrons. The summed E-state index contributed by atoms with van der Waals surface area (Å²) in [4.78, 5) is 31.8.